The highest BCUT2D eigenvalue weighted by Crippen LogP contribution is 2.32. The molecular formula is C17H17NO4. The smallest absolute Gasteiger partial charge is 0.336 e. The number of fused-ring (bicyclic) bond motifs is 1. The molecule has 0 bridgehead atoms. The molecule has 0 spiro atoms. The average Bonchev–Trinajstić information content (AvgIpc) is 2.80. The van der Waals surface area contributed by atoms with E-state index in [1.807, 2.05) is 13.8 Å². The average molecular weight is 299 g/mol. The fraction of sp³-hybridized carbons (Fsp3) is 0.294. The number of hydrogen-bond donors (Lipinski definition) is 2. The summed E-state index contributed by atoms with van der Waals surface area (Å²) in [6.07, 6.45) is 0.819. The predicted octanol–water partition coefficient (Wildman–Crippen LogP) is 2.61. The van der Waals surface area contributed by atoms with Gasteiger partial charge >= 0.3 is 5.63 Å². The molecule has 5 nitrogen and oxygen atoms in total. The van der Waals surface area contributed by atoms with Gasteiger partial charge in [-0.2, -0.15) is 0 Å². The van der Waals surface area contributed by atoms with E-state index in [-0.39, 0.29) is 23.2 Å². The number of aliphatic hydroxyl groups is 1. The van der Waals surface area contributed by atoms with Crippen LogP contribution in [-0.4, -0.2) is 17.1 Å². The van der Waals surface area contributed by atoms with E-state index >= 15 is 0 Å². The van der Waals surface area contributed by atoms with Gasteiger partial charge in [0.05, 0.1) is 11.6 Å². The van der Waals surface area contributed by atoms with Crippen molar-refractivity contribution in [1.82, 2.24) is 5.32 Å². The molecule has 1 aliphatic heterocycles. The monoisotopic (exact) mass is 299 g/mol. The molecule has 1 aromatic carbocycles. The Morgan fingerprint density at radius 1 is 1.32 bits per heavy atom. The zero-order valence-electron chi connectivity index (χ0n) is 12.4. The fourth-order valence-electron chi connectivity index (χ4n) is 2.78. The van der Waals surface area contributed by atoms with Crippen molar-refractivity contribution in [2.45, 2.75) is 26.3 Å². The van der Waals surface area contributed by atoms with E-state index in [9.17, 15) is 14.7 Å². The summed E-state index contributed by atoms with van der Waals surface area (Å²) < 4.78 is 5.14. The number of aliphatic hydroxyl groups excluding tert-OH is 1. The number of amides is 1. The maximum Gasteiger partial charge on any atom is 0.336 e. The van der Waals surface area contributed by atoms with Crippen molar-refractivity contribution >= 4 is 22.4 Å². The highest BCUT2D eigenvalue weighted by Gasteiger charge is 2.36. The van der Waals surface area contributed by atoms with E-state index in [2.05, 4.69) is 5.32 Å². The Balaban J connectivity index is 2.24. The van der Waals surface area contributed by atoms with E-state index in [4.69, 9.17) is 4.42 Å². The van der Waals surface area contributed by atoms with E-state index in [0.717, 1.165) is 6.42 Å². The Morgan fingerprint density at radius 3 is 2.77 bits per heavy atom. The zero-order chi connectivity index (χ0) is 15.9. The second-order valence-corrected chi connectivity index (χ2v) is 5.57. The largest absolute Gasteiger partial charge is 0.509 e. The molecule has 1 aliphatic rings. The van der Waals surface area contributed by atoms with Crippen LogP contribution >= 0.6 is 0 Å². The van der Waals surface area contributed by atoms with Crippen LogP contribution in [0.4, 0.5) is 0 Å². The zero-order valence-corrected chi connectivity index (χ0v) is 12.4. The Bertz CT molecular complexity index is 834. The molecule has 5 heteroatoms. The highest BCUT2D eigenvalue weighted by molar-refractivity contribution is 6.25. The van der Waals surface area contributed by atoms with Crippen LogP contribution in [0.3, 0.4) is 0 Å². The van der Waals surface area contributed by atoms with Crippen LogP contribution < -0.4 is 10.9 Å². The standard InChI is InChI=1S/C17H17NO4/c1-3-9(2)15-16(20)14(17(21)18-15)11-8-13(19)22-12-7-5-4-6-10(11)12/h4-9,15,20H,3H2,1-2H3,(H,18,21). The van der Waals surface area contributed by atoms with E-state index < -0.39 is 11.7 Å². The molecule has 0 fully saturated rings. The number of hydrogen-bond acceptors (Lipinski definition) is 4. The summed E-state index contributed by atoms with van der Waals surface area (Å²) in [5.41, 5.74) is 0.418. The molecule has 1 amide bonds. The van der Waals surface area contributed by atoms with Crippen LogP contribution in [0, 0.1) is 5.92 Å². The van der Waals surface area contributed by atoms with E-state index in [1.165, 1.54) is 6.07 Å². The van der Waals surface area contributed by atoms with Gasteiger partial charge in [-0.1, -0.05) is 38.5 Å². The van der Waals surface area contributed by atoms with Gasteiger partial charge in [0.2, 0.25) is 0 Å². The van der Waals surface area contributed by atoms with Gasteiger partial charge in [0, 0.05) is 17.0 Å². The minimum absolute atomic E-state index is 0.00453. The lowest BCUT2D eigenvalue weighted by Gasteiger charge is -2.17. The molecule has 2 aromatic rings. The number of carbonyl (C=O) groups is 1. The first-order valence-corrected chi connectivity index (χ1v) is 7.30. The molecule has 1 aromatic heterocycles. The van der Waals surface area contributed by atoms with E-state index in [1.54, 1.807) is 24.3 Å². The van der Waals surface area contributed by atoms with Crippen molar-refractivity contribution in [3.05, 3.63) is 52.1 Å². The second-order valence-electron chi connectivity index (χ2n) is 5.57. The lowest BCUT2D eigenvalue weighted by Crippen LogP contribution is -2.34. The van der Waals surface area contributed by atoms with Gasteiger partial charge in [-0.3, -0.25) is 4.79 Å². The van der Waals surface area contributed by atoms with Crippen LogP contribution in [0.5, 0.6) is 0 Å². The minimum atomic E-state index is -0.547. The minimum Gasteiger partial charge on any atom is -0.509 e. The van der Waals surface area contributed by atoms with Crippen molar-refractivity contribution in [1.29, 1.82) is 0 Å². The molecule has 2 heterocycles. The van der Waals surface area contributed by atoms with Crippen LogP contribution in [0.25, 0.3) is 16.5 Å². The van der Waals surface area contributed by atoms with Crippen molar-refractivity contribution in [3.8, 4) is 0 Å². The van der Waals surface area contributed by atoms with E-state index in [0.29, 0.717) is 16.5 Å². The van der Waals surface area contributed by atoms with Crippen molar-refractivity contribution in [3.63, 3.8) is 0 Å². The quantitative estimate of drug-likeness (QED) is 0.854. The summed E-state index contributed by atoms with van der Waals surface area (Å²) in [5, 5.41) is 13.9. The highest BCUT2D eigenvalue weighted by atomic mass is 16.4. The third-order valence-electron chi connectivity index (χ3n) is 4.20. The normalized spacial score (nSPS) is 19.5. The molecule has 0 saturated carbocycles. The molecule has 22 heavy (non-hydrogen) atoms. The first-order chi connectivity index (χ1) is 10.5. The van der Waals surface area contributed by atoms with Crippen LogP contribution in [-0.2, 0) is 4.79 Å². The van der Waals surface area contributed by atoms with Crippen LogP contribution in [0.1, 0.15) is 25.8 Å². The maximum atomic E-state index is 12.3. The Kier molecular flexibility index (Phi) is 3.48. The molecule has 2 atom stereocenters. The molecule has 2 N–H and O–H groups in total. The SMILES string of the molecule is CCC(C)C1NC(=O)C(c2cc(=O)oc3ccccc23)=C1O. The topological polar surface area (TPSA) is 79.5 Å². The lowest BCUT2D eigenvalue weighted by molar-refractivity contribution is -0.115. The number of rotatable bonds is 3. The number of para-hydroxylation sites is 1. The van der Waals surface area contributed by atoms with Gasteiger partial charge in [-0.15, -0.1) is 0 Å². The summed E-state index contributed by atoms with van der Waals surface area (Å²) in [5.74, 6) is -0.263. The second kappa shape index (κ2) is 5.33. The van der Waals surface area contributed by atoms with Crippen molar-refractivity contribution < 1.29 is 14.3 Å². The molecular weight excluding hydrogens is 282 g/mol. The summed E-state index contributed by atoms with van der Waals surface area (Å²) in [7, 11) is 0. The van der Waals surface area contributed by atoms with Gasteiger partial charge in [-0.05, 0) is 12.0 Å². The molecule has 114 valence electrons. The molecule has 0 aliphatic carbocycles. The lowest BCUT2D eigenvalue weighted by atomic mass is 9.95. The molecule has 0 saturated heterocycles. The number of carbonyl (C=O) groups excluding carboxylic acids is 1. The van der Waals surface area contributed by atoms with Crippen LogP contribution in [0.2, 0.25) is 0 Å². The van der Waals surface area contributed by atoms with Gasteiger partial charge in [-0.25, -0.2) is 4.79 Å². The Morgan fingerprint density at radius 2 is 2.05 bits per heavy atom. The van der Waals surface area contributed by atoms with Crippen molar-refractivity contribution in [2.75, 3.05) is 0 Å². The first-order valence-electron chi connectivity index (χ1n) is 7.30. The van der Waals surface area contributed by atoms with Gasteiger partial charge < -0.3 is 14.8 Å². The predicted molar refractivity (Wildman–Crippen MR) is 83.4 cm³/mol. The van der Waals surface area contributed by atoms with Gasteiger partial charge in [0.25, 0.3) is 5.91 Å². The Hall–Kier alpha value is -2.56. The van der Waals surface area contributed by atoms with Crippen molar-refractivity contribution in [2.24, 2.45) is 5.92 Å². The van der Waals surface area contributed by atoms with Gasteiger partial charge in [0.1, 0.15) is 11.3 Å². The fourth-order valence-corrected chi connectivity index (χ4v) is 2.78. The third kappa shape index (κ3) is 2.19. The maximum absolute atomic E-state index is 12.3. The first kappa shape index (κ1) is 14.4. The molecule has 0 radical (unpaired) electrons. The van der Waals surface area contributed by atoms with Gasteiger partial charge in [0.15, 0.2) is 0 Å². The molecule has 3 rings (SSSR count). The summed E-state index contributed by atoms with van der Waals surface area (Å²) in [6.45, 7) is 3.95. The Labute approximate surface area is 127 Å². The van der Waals surface area contributed by atoms with Crippen LogP contribution in [0.15, 0.2) is 45.3 Å². The summed E-state index contributed by atoms with van der Waals surface area (Å²) in [4.78, 5) is 24.1. The summed E-state index contributed by atoms with van der Waals surface area (Å²) >= 11 is 0. The molecule has 2 unspecified atom stereocenters. The number of nitrogens with one attached hydrogen (secondary N) is 1. The number of benzene rings is 1. The summed E-state index contributed by atoms with van der Waals surface area (Å²) in [6, 6.07) is 7.81. The third-order valence-corrected chi connectivity index (χ3v) is 4.20.